The molecule has 1 aromatic carbocycles. The Hall–Kier alpha value is -3.02. The molecule has 0 aromatic heterocycles. The Kier molecular flexibility index (Phi) is 7.84. The zero-order valence-corrected chi connectivity index (χ0v) is 16.6. The number of rotatable bonds is 7. The van der Waals surface area contributed by atoms with Crippen LogP contribution >= 0.6 is 0 Å². The normalized spacial score (nSPS) is 11.0. The van der Waals surface area contributed by atoms with Gasteiger partial charge in [-0.3, -0.25) is 14.4 Å². The number of allylic oxidation sites excluding steroid dienone is 2. The van der Waals surface area contributed by atoms with Crippen LogP contribution in [-0.2, 0) is 30.3 Å². The molecule has 0 atom stereocenters. The number of hydrogen-bond acceptors (Lipinski definition) is 5. The molecular weight excluding hydrogens is 346 g/mol. The van der Waals surface area contributed by atoms with Gasteiger partial charge in [-0.25, -0.2) is 4.79 Å². The Bertz CT molecular complexity index is 818. The van der Waals surface area contributed by atoms with Gasteiger partial charge < -0.3 is 10.1 Å². The molecule has 0 unspecified atom stereocenters. The molecule has 1 N–H and O–H groups in total. The van der Waals surface area contributed by atoms with Crippen LogP contribution < -0.4 is 5.32 Å². The number of ketones is 2. The number of carbonyl (C=O) groups is 4. The third kappa shape index (κ3) is 6.02. The zero-order valence-electron chi connectivity index (χ0n) is 16.6. The van der Waals surface area contributed by atoms with Crippen molar-refractivity contribution in [2.45, 2.75) is 41.0 Å². The summed E-state index contributed by atoms with van der Waals surface area (Å²) in [6, 6.07) is 0. The topological polar surface area (TPSA) is 89.5 Å². The molecule has 0 aliphatic rings. The van der Waals surface area contributed by atoms with Gasteiger partial charge in [0.25, 0.3) is 0 Å². The summed E-state index contributed by atoms with van der Waals surface area (Å²) < 4.78 is 4.48. The third-order valence-corrected chi connectivity index (χ3v) is 4.46. The summed E-state index contributed by atoms with van der Waals surface area (Å²) in [6.45, 7) is 8.87. The van der Waals surface area contributed by atoms with Crippen molar-refractivity contribution in [2.24, 2.45) is 0 Å². The molecule has 1 amide bonds. The second-order valence-electron chi connectivity index (χ2n) is 6.29. The van der Waals surface area contributed by atoms with Crippen molar-refractivity contribution in [3.63, 3.8) is 0 Å². The van der Waals surface area contributed by atoms with E-state index in [1.807, 2.05) is 27.7 Å². The maximum absolute atomic E-state index is 12.2. The minimum Gasteiger partial charge on any atom is -0.466 e. The monoisotopic (exact) mass is 371 g/mol. The lowest BCUT2D eigenvalue weighted by Gasteiger charge is -2.20. The number of benzene rings is 1. The van der Waals surface area contributed by atoms with E-state index in [9.17, 15) is 19.2 Å². The minimum atomic E-state index is -0.583. The first-order chi connectivity index (χ1) is 12.6. The summed E-state index contributed by atoms with van der Waals surface area (Å²) in [7, 11) is 1.25. The molecule has 0 saturated carbocycles. The van der Waals surface area contributed by atoms with Gasteiger partial charge in [0.05, 0.1) is 7.11 Å². The van der Waals surface area contributed by atoms with Crippen molar-refractivity contribution >= 4 is 29.1 Å². The quantitative estimate of drug-likeness (QED) is 0.588. The lowest BCUT2D eigenvalue weighted by molar-refractivity contribution is -0.135. The van der Waals surface area contributed by atoms with Crippen LogP contribution in [0, 0.1) is 27.7 Å². The second-order valence-corrected chi connectivity index (χ2v) is 6.29. The number of methoxy groups -OCH3 is 1. The molecule has 27 heavy (non-hydrogen) atoms. The molecular formula is C21H25NO5. The molecule has 0 aliphatic heterocycles. The van der Waals surface area contributed by atoms with E-state index >= 15 is 0 Å². The van der Waals surface area contributed by atoms with E-state index in [2.05, 4.69) is 10.1 Å². The molecule has 1 rings (SSSR count). The molecule has 0 aliphatic carbocycles. The van der Waals surface area contributed by atoms with Crippen molar-refractivity contribution in [3.05, 3.63) is 52.1 Å². The third-order valence-electron chi connectivity index (χ3n) is 4.46. The van der Waals surface area contributed by atoms with Gasteiger partial charge >= 0.3 is 5.97 Å². The van der Waals surface area contributed by atoms with E-state index in [1.54, 1.807) is 0 Å². The Morgan fingerprint density at radius 1 is 0.852 bits per heavy atom. The van der Waals surface area contributed by atoms with Crippen LogP contribution in [0.25, 0.3) is 0 Å². The standard InChI is InChI=1S/C21H25NO5/c1-12(23)7-9-19(25)22-21-15(4)13(2)18(14(3)16(21)5)11-17(24)8-10-20(26)27-6/h7-10H,11H2,1-6H3,(H,22,25)/b9-7-,10-8-. The Morgan fingerprint density at radius 2 is 1.41 bits per heavy atom. The van der Waals surface area contributed by atoms with Crippen molar-refractivity contribution in [2.75, 3.05) is 12.4 Å². The Balaban J connectivity index is 3.17. The summed E-state index contributed by atoms with van der Waals surface area (Å²) in [6.07, 6.45) is 4.85. The highest BCUT2D eigenvalue weighted by Gasteiger charge is 2.17. The fourth-order valence-corrected chi connectivity index (χ4v) is 2.66. The van der Waals surface area contributed by atoms with Gasteiger partial charge in [-0.2, -0.15) is 0 Å². The largest absolute Gasteiger partial charge is 0.466 e. The van der Waals surface area contributed by atoms with Crippen molar-refractivity contribution in [3.8, 4) is 0 Å². The number of esters is 1. The number of carbonyl (C=O) groups excluding carboxylic acids is 4. The van der Waals surface area contributed by atoms with Crippen LogP contribution in [0.2, 0.25) is 0 Å². The summed E-state index contributed by atoms with van der Waals surface area (Å²) in [4.78, 5) is 46.3. The highest BCUT2D eigenvalue weighted by Crippen LogP contribution is 2.31. The molecule has 0 spiro atoms. The van der Waals surface area contributed by atoms with Crippen LogP contribution in [0.3, 0.4) is 0 Å². The van der Waals surface area contributed by atoms with Gasteiger partial charge in [-0.05, 0) is 74.6 Å². The van der Waals surface area contributed by atoms with E-state index in [4.69, 9.17) is 0 Å². The van der Waals surface area contributed by atoms with Gasteiger partial charge in [0.2, 0.25) is 5.91 Å². The van der Waals surface area contributed by atoms with E-state index < -0.39 is 5.97 Å². The summed E-state index contributed by atoms with van der Waals surface area (Å²) in [5.74, 6) is -1.40. The van der Waals surface area contributed by atoms with Gasteiger partial charge in [0.1, 0.15) is 0 Å². The van der Waals surface area contributed by atoms with Gasteiger partial charge in [-0.1, -0.05) is 0 Å². The van der Waals surface area contributed by atoms with Crippen molar-refractivity contribution in [1.82, 2.24) is 0 Å². The molecule has 0 radical (unpaired) electrons. The van der Waals surface area contributed by atoms with Crippen molar-refractivity contribution in [1.29, 1.82) is 0 Å². The van der Waals surface area contributed by atoms with E-state index in [0.717, 1.165) is 33.9 Å². The molecule has 0 heterocycles. The molecule has 6 nitrogen and oxygen atoms in total. The number of ether oxygens (including phenoxy) is 1. The van der Waals surface area contributed by atoms with Crippen LogP contribution in [0.4, 0.5) is 5.69 Å². The lowest BCUT2D eigenvalue weighted by atomic mass is 9.89. The van der Waals surface area contributed by atoms with Crippen LogP contribution in [0.5, 0.6) is 0 Å². The first-order valence-electron chi connectivity index (χ1n) is 8.46. The smallest absolute Gasteiger partial charge is 0.330 e. The van der Waals surface area contributed by atoms with Gasteiger partial charge in [0, 0.05) is 24.3 Å². The van der Waals surface area contributed by atoms with Crippen molar-refractivity contribution < 1.29 is 23.9 Å². The van der Waals surface area contributed by atoms with E-state index in [-0.39, 0.29) is 23.9 Å². The molecule has 6 heteroatoms. The van der Waals surface area contributed by atoms with Crippen LogP contribution in [0.15, 0.2) is 24.3 Å². The predicted octanol–water partition coefficient (Wildman–Crippen LogP) is 2.84. The fourth-order valence-electron chi connectivity index (χ4n) is 2.66. The Labute approximate surface area is 159 Å². The maximum atomic E-state index is 12.2. The number of amides is 1. The predicted molar refractivity (Wildman–Crippen MR) is 104 cm³/mol. The van der Waals surface area contributed by atoms with E-state index in [0.29, 0.717) is 5.69 Å². The Morgan fingerprint density at radius 3 is 1.89 bits per heavy atom. The molecule has 144 valence electrons. The highest BCUT2D eigenvalue weighted by atomic mass is 16.5. The average Bonchev–Trinajstić information content (AvgIpc) is 2.63. The molecule has 1 aromatic rings. The minimum absolute atomic E-state index is 0.144. The number of hydrogen-bond donors (Lipinski definition) is 1. The van der Waals surface area contributed by atoms with Gasteiger partial charge in [-0.15, -0.1) is 0 Å². The molecule has 0 saturated heterocycles. The summed E-state index contributed by atoms with van der Waals surface area (Å²) in [5.41, 5.74) is 5.02. The second kappa shape index (κ2) is 9.62. The van der Waals surface area contributed by atoms with Crippen LogP contribution in [-0.4, -0.2) is 30.6 Å². The SMILES string of the molecule is COC(=O)/C=C\C(=O)Cc1c(C)c(C)c(NC(=O)/C=C\C(C)=O)c(C)c1C. The first kappa shape index (κ1) is 22.0. The maximum Gasteiger partial charge on any atom is 0.330 e. The van der Waals surface area contributed by atoms with E-state index in [1.165, 1.54) is 32.3 Å². The average molecular weight is 371 g/mol. The zero-order chi connectivity index (χ0) is 20.7. The van der Waals surface area contributed by atoms with Gasteiger partial charge in [0.15, 0.2) is 11.6 Å². The fraction of sp³-hybridized carbons (Fsp3) is 0.333. The first-order valence-corrected chi connectivity index (χ1v) is 8.46. The molecule has 0 bridgehead atoms. The molecule has 0 fully saturated rings. The highest BCUT2D eigenvalue weighted by molar-refractivity contribution is 6.04. The number of anilines is 1. The summed E-state index contributed by atoms with van der Waals surface area (Å²) >= 11 is 0. The summed E-state index contributed by atoms with van der Waals surface area (Å²) in [5, 5.41) is 2.81. The lowest BCUT2D eigenvalue weighted by Crippen LogP contribution is -2.14. The van der Waals surface area contributed by atoms with Crippen LogP contribution in [0.1, 0.15) is 34.7 Å². The number of nitrogens with one attached hydrogen (secondary N) is 1.